The Morgan fingerprint density at radius 3 is 3.00 bits per heavy atom. The second-order valence-electron chi connectivity index (χ2n) is 4.76. The summed E-state index contributed by atoms with van der Waals surface area (Å²) in [6, 6.07) is 6.12. The molecular weight excluding hydrogens is 372 g/mol. The maximum absolute atomic E-state index is 12.2. The minimum atomic E-state index is -0.0175. The number of nitrogens with zero attached hydrogens (tertiary/aromatic N) is 1. The fourth-order valence-electron chi connectivity index (χ4n) is 2.52. The van der Waals surface area contributed by atoms with E-state index < -0.39 is 0 Å². The standard InChI is InChI=1S/C14H18Br2N2O/c1-2-18-7-3-4-11(18)9-17-14(19)12-8-10(15)5-6-13(12)16/h5-6,8,11H,2-4,7,9H2,1H3,(H,17,19). The minimum absolute atomic E-state index is 0.0175. The van der Waals surface area contributed by atoms with Gasteiger partial charge in [0.15, 0.2) is 0 Å². The average molecular weight is 390 g/mol. The summed E-state index contributed by atoms with van der Waals surface area (Å²) < 4.78 is 1.74. The molecule has 0 aromatic heterocycles. The molecule has 1 aliphatic rings. The third-order valence-corrected chi connectivity index (χ3v) is 4.76. The summed E-state index contributed by atoms with van der Waals surface area (Å²) in [7, 11) is 0. The Morgan fingerprint density at radius 1 is 1.47 bits per heavy atom. The van der Waals surface area contributed by atoms with Crippen LogP contribution in [-0.2, 0) is 0 Å². The maximum atomic E-state index is 12.2. The van der Waals surface area contributed by atoms with Crippen LogP contribution in [0.25, 0.3) is 0 Å². The van der Waals surface area contributed by atoms with Crippen LogP contribution >= 0.6 is 31.9 Å². The van der Waals surface area contributed by atoms with Crippen molar-refractivity contribution < 1.29 is 4.79 Å². The topological polar surface area (TPSA) is 32.3 Å². The lowest BCUT2D eigenvalue weighted by Crippen LogP contribution is -2.40. The fourth-order valence-corrected chi connectivity index (χ4v) is 3.31. The summed E-state index contributed by atoms with van der Waals surface area (Å²) in [5, 5.41) is 3.04. The number of halogens is 2. The molecule has 0 bridgehead atoms. The lowest BCUT2D eigenvalue weighted by Gasteiger charge is -2.23. The van der Waals surface area contributed by atoms with Crippen molar-refractivity contribution in [2.45, 2.75) is 25.8 Å². The Hall–Kier alpha value is -0.390. The number of rotatable bonds is 4. The van der Waals surface area contributed by atoms with Crippen molar-refractivity contribution in [1.82, 2.24) is 10.2 Å². The van der Waals surface area contributed by atoms with Gasteiger partial charge in [0, 0.05) is 21.5 Å². The zero-order chi connectivity index (χ0) is 13.8. The zero-order valence-electron chi connectivity index (χ0n) is 11.0. The first-order valence-electron chi connectivity index (χ1n) is 6.59. The lowest BCUT2D eigenvalue weighted by molar-refractivity contribution is 0.0940. The molecule has 3 nitrogen and oxygen atoms in total. The van der Waals surface area contributed by atoms with E-state index in [1.54, 1.807) is 0 Å². The van der Waals surface area contributed by atoms with E-state index in [1.165, 1.54) is 12.8 Å². The second kappa shape index (κ2) is 6.86. The van der Waals surface area contributed by atoms with Crippen LogP contribution in [0.15, 0.2) is 27.1 Å². The number of carbonyl (C=O) groups is 1. The van der Waals surface area contributed by atoms with E-state index in [1.807, 2.05) is 18.2 Å². The van der Waals surface area contributed by atoms with Crippen LogP contribution in [0.3, 0.4) is 0 Å². The molecule has 19 heavy (non-hydrogen) atoms. The molecule has 1 aliphatic heterocycles. The highest BCUT2D eigenvalue weighted by atomic mass is 79.9. The molecule has 2 rings (SSSR count). The van der Waals surface area contributed by atoms with Gasteiger partial charge in [-0.05, 0) is 60.1 Å². The lowest BCUT2D eigenvalue weighted by atomic mass is 10.2. The van der Waals surface area contributed by atoms with Gasteiger partial charge in [0.05, 0.1) is 5.56 Å². The first kappa shape index (κ1) is 15.0. The number of hydrogen-bond acceptors (Lipinski definition) is 2. The summed E-state index contributed by atoms with van der Waals surface area (Å²) in [4.78, 5) is 14.6. The number of amides is 1. The largest absolute Gasteiger partial charge is 0.350 e. The molecule has 104 valence electrons. The molecule has 0 radical (unpaired) electrons. The van der Waals surface area contributed by atoms with Crippen molar-refractivity contribution in [1.29, 1.82) is 0 Å². The Labute approximate surface area is 131 Å². The molecule has 1 atom stereocenters. The number of likely N-dealkylation sites (N-methyl/N-ethyl adjacent to an activating group) is 1. The van der Waals surface area contributed by atoms with Gasteiger partial charge in [-0.25, -0.2) is 0 Å². The molecule has 0 spiro atoms. The third-order valence-electron chi connectivity index (χ3n) is 3.58. The van der Waals surface area contributed by atoms with E-state index in [9.17, 15) is 4.79 Å². The third kappa shape index (κ3) is 3.80. The average Bonchev–Trinajstić information content (AvgIpc) is 2.86. The molecule has 1 unspecified atom stereocenters. The molecule has 5 heteroatoms. The summed E-state index contributed by atoms with van der Waals surface area (Å²) >= 11 is 6.81. The van der Waals surface area contributed by atoms with Crippen LogP contribution in [0.1, 0.15) is 30.1 Å². The van der Waals surface area contributed by atoms with Gasteiger partial charge in [-0.3, -0.25) is 9.69 Å². The van der Waals surface area contributed by atoms with Gasteiger partial charge >= 0.3 is 0 Å². The summed E-state index contributed by atoms with van der Waals surface area (Å²) in [5.41, 5.74) is 0.676. The van der Waals surface area contributed by atoms with E-state index in [-0.39, 0.29) is 5.91 Å². The van der Waals surface area contributed by atoms with E-state index >= 15 is 0 Å². The highest BCUT2D eigenvalue weighted by Gasteiger charge is 2.23. The van der Waals surface area contributed by atoms with Crippen molar-refractivity contribution in [3.63, 3.8) is 0 Å². The second-order valence-corrected chi connectivity index (χ2v) is 6.53. The number of hydrogen-bond donors (Lipinski definition) is 1. The quantitative estimate of drug-likeness (QED) is 0.855. The predicted octanol–water partition coefficient (Wildman–Crippen LogP) is 3.43. The van der Waals surface area contributed by atoms with Gasteiger partial charge in [0.2, 0.25) is 0 Å². The van der Waals surface area contributed by atoms with Gasteiger partial charge in [-0.2, -0.15) is 0 Å². The molecule has 0 aliphatic carbocycles. The Balaban J connectivity index is 1.96. The molecule has 1 saturated heterocycles. The monoisotopic (exact) mass is 388 g/mol. The number of nitrogens with one attached hydrogen (secondary N) is 1. The number of likely N-dealkylation sites (tertiary alicyclic amines) is 1. The zero-order valence-corrected chi connectivity index (χ0v) is 14.1. The normalized spacial score (nSPS) is 19.6. The molecule has 1 N–H and O–H groups in total. The van der Waals surface area contributed by atoms with Gasteiger partial charge < -0.3 is 5.32 Å². The smallest absolute Gasteiger partial charge is 0.252 e. The SMILES string of the molecule is CCN1CCCC1CNC(=O)c1cc(Br)ccc1Br. The van der Waals surface area contributed by atoms with Gasteiger partial charge in [-0.15, -0.1) is 0 Å². The Morgan fingerprint density at radius 2 is 2.26 bits per heavy atom. The van der Waals surface area contributed by atoms with Crippen LogP contribution in [0.4, 0.5) is 0 Å². The number of carbonyl (C=O) groups excluding carboxylic acids is 1. The number of benzene rings is 1. The molecule has 1 amide bonds. The van der Waals surface area contributed by atoms with E-state index in [0.717, 1.165) is 28.6 Å². The highest BCUT2D eigenvalue weighted by Crippen LogP contribution is 2.22. The molecule has 1 aromatic carbocycles. The molecule has 1 fully saturated rings. The maximum Gasteiger partial charge on any atom is 0.252 e. The van der Waals surface area contributed by atoms with Crippen molar-refractivity contribution in [2.24, 2.45) is 0 Å². The molecular formula is C14H18Br2N2O. The highest BCUT2D eigenvalue weighted by molar-refractivity contribution is 9.11. The van der Waals surface area contributed by atoms with Crippen LogP contribution in [0, 0.1) is 0 Å². The van der Waals surface area contributed by atoms with Crippen LogP contribution in [0.5, 0.6) is 0 Å². The van der Waals surface area contributed by atoms with Gasteiger partial charge in [0.1, 0.15) is 0 Å². The fraction of sp³-hybridized carbons (Fsp3) is 0.500. The first-order valence-corrected chi connectivity index (χ1v) is 8.17. The van der Waals surface area contributed by atoms with Gasteiger partial charge in [0.25, 0.3) is 5.91 Å². The summed E-state index contributed by atoms with van der Waals surface area (Å²) in [6.45, 7) is 5.11. The van der Waals surface area contributed by atoms with Crippen molar-refractivity contribution in [3.8, 4) is 0 Å². The summed E-state index contributed by atoms with van der Waals surface area (Å²) in [6.07, 6.45) is 2.41. The Bertz CT molecular complexity index is 465. The minimum Gasteiger partial charge on any atom is -0.350 e. The van der Waals surface area contributed by atoms with Crippen molar-refractivity contribution >= 4 is 37.8 Å². The Kier molecular flexibility index (Phi) is 5.42. The van der Waals surface area contributed by atoms with Crippen LogP contribution in [-0.4, -0.2) is 36.5 Å². The van der Waals surface area contributed by atoms with E-state index in [4.69, 9.17) is 0 Å². The molecule has 1 aromatic rings. The van der Waals surface area contributed by atoms with E-state index in [0.29, 0.717) is 11.6 Å². The molecule has 0 saturated carbocycles. The van der Waals surface area contributed by atoms with Crippen LogP contribution in [0.2, 0.25) is 0 Å². The first-order chi connectivity index (χ1) is 9.11. The van der Waals surface area contributed by atoms with Crippen molar-refractivity contribution in [3.05, 3.63) is 32.7 Å². The molecule has 1 heterocycles. The van der Waals surface area contributed by atoms with Crippen LogP contribution < -0.4 is 5.32 Å². The predicted molar refractivity (Wildman–Crippen MR) is 84.4 cm³/mol. The van der Waals surface area contributed by atoms with E-state index in [2.05, 4.69) is 49.0 Å². The van der Waals surface area contributed by atoms with Crippen molar-refractivity contribution in [2.75, 3.05) is 19.6 Å². The van der Waals surface area contributed by atoms with Gasteiger partial charge in [-0.1, -0.05) is 22.9 Å². The summed E-state index contributed by atoms with van der Waals surface area (Å²) in [5.74, 6) is -0.0175.